The molecule has 0 aliphatic rings. The lowest BCUT2D eigenvalue weighted by atomic mass is 9.97. The zero-order valence-corrected chi connectivity index (χ0v) is 10.3. The third-order valence-corrected chi connectivity index (χ3v) is 2.60. The Morgan fingerprint density at radius 1 is 1.19 bits per heavy atom. The lowest BCUT2D eigenvalue weighted by Gasteiger charge is -2.18. The predicted octanol–water partition coefficient (Wildman–Crippen LogP) is 3.30. The highest BCUT2D eigenvalue weighted by molar-refractivity contribution is 5.79. The molecule has 0 amide bonds. The highest BCUT2D eigenvalue weighted by atomic mass is 14.9. The van der Waals surface area contributed by atoms with Gasteiger partial charge in [-0.1, -0.05) is 26.8 Å². The van der Waals surface area contributed by atoms with E-state index < -0.39 is 0 Å². The molecule has 1 heterocycles. The average molecular weight is 216 g/mol. The van der Waals surface area contributed by atoms with Crippen molar-refractivity contribution in [2.45, 2.75) is 27.3 Å². The van der Waals surface area contributed by atoms with E-state index in [9.17, 15) is 0 Å². The summed E-state index contributed by atoms with van der Waals surface area (Å²) in [5, 5.41) is 4.78. The van der Waals surface area contributed by atoms with Crippen LogP contribution in [0.2, 0.25) is 0 Å². The molecule has 0 aliphatic carbocycles. The fraction of sp³-hybridized carbons (Fsp3) is 0.429. The van der Waals surface area contributed by atoms with Gasteiger partial charge in [-0.2, -0.15) is 0 Å². The molecule has 2 nitrogen and oxygen atoms in total. The van der Waals surface area contributed by atoms with E-state index in [1.165, 1.54) is 16.5 Å². The number of hydrogen-bond acceptors (Lipinski definition) is 1. The maximum atomic E-state index is 3.49. The Hall–Kier alpha value is -1.28. The van der Waals surface area contributed by atoms with Gasteiger partial charge in [0.05, 0.1) is 0 Å². The predicted molar refractivity (Wildman–Crippen MR) is 69.5 cm³/mol. The van der Waals surface area contributed by atoms with E-state index in [4.69, 9.17) is 0 Å². The van der Waals surface area contributed by atoms with Gasteiger partial charge in [-0.25, -0.2) is 0 Å². The Bertz CT molecular complexity index is 463. The molecule has 0 fully saturated rings. The SMILES string of the molecule is CC(C)(C)CNCc1ccc2[nH]ccc2c1. The molecule has 0 radical (unpaired) electrons. The van der Waals surface area contributed by atoms with Gasteiger partial charge in [0.15, 0.2) is 0 Å². The number of nitrogens with one attached hydrogen (secondary N) is 2. The smallest absolute Gasteiger partial charge is 0.0454 e. The monoisotopic (exact) mass is 216 g/mol. The second-order valence-corrected chi connectivity index (χ2v) is 5.56. The van der Waals surface area contributed by atoms with Crippen molar-refractivity contribution in [2.75, 3.05) is 6.54 Å². The Morgan fingerprint density at radius 2 is 2.00 bits per heavy atom. The van der Waals surface area contributed by atoms with Crippen molar-refractivity contribution in [1.29, 1.82) is 0 Å². The summed E-state index contributed by atoms with van der Waals surface area (Å²) in [7, 11) is 0. The maximum absolute atomic E-state index is 3.49. The fourth-order valence-electron chi connectivity index (χ4n) is 1.79. The van der Waals surface area contributed by atoms with E-state index in [0.717, 1.165) is 13.1 Å². The van der Waals surface area contributed by atoms with Crippen LogP contribution in [0, 0.1) is 5.41 Å². The highest BCUT2D eigenvalue weighted by Gasteiger charge is 2.08. The van der Waals surface area contributed by atoms with E-state index in [-0.39, 0.29) is 0 Å². The van der Waals surface area contributed by atoms with Crippen LogP contribution < -0.4 is 5.32 Å². The summed E-state index contributed by atoms with van der Waals surface area (Å²) in [5.41, 5.74) is 2.90. The topological polar surface area (TPSA) is 27.8 Å². The van der Waals surface area contributed by atoms with Crippen molar-refractivity contribution in [3.63, 3.8) is 0 Å². The van der Waals surface area contributed by atoms with Crippen molar-refractivity contribution in [3.05, 3.63) is 36.0 Å². The molecule has 0 saturated heterocycles. The van der Waals surface area contributed by atoms with Crippen molar-refractivity contribution in [2.24, 2.45) is 5.41 Å². The molecule has 1 aromatic heterocycles. The van der Waals surface area contributed by atoms with Crippen molar-refractivity contribution in [1.82, 2.24) is 10.3 Å². The summed E-state index contributed by atoms with van der Waals surface area (Å²) in [5.74, 6) is 0. The first kappa shape index (κ1) is 11.2. The minimum absolute atomic E-state index is 0.345. The number of aromatic amines is 1. The van der Waals surface area contributed by atoms with Gasteiger partial charge in [-0.15, -0.1) is 0 Å². The lowest BCUT2D eigenvalue weighted by molar-refractivity contribution is 0.379. The van der Waals surface area contributed by atoms with E-state index in [0.29, 0.717) is 5.41 Å². The van der Waals surface area contributed by atoms with Crippen LogP contribution in [-0.2, 0) is 6.54 Å². The van der Waals surface area contributed by atoms with Crippen LogP contribution in [0.25, 0.3) is 10.9 Å². The zero-order valence-electron chi connectivity index (χ0n) is 10.3. The quantitative estimate of drug-likeness (QED) is 0.809. The fourth-order valence-corrected chi connectivity index (χ4v) is 1.79. The first-order valence-electron chi connectivity index (χ1n) is 5.81. The standard InChI is InChI=1S/C14H20N2/c1-14(2,3)10-15-9-11-4-5-13-12(8-11)6-7-16-13/h4-8,15-16H,9-10H2,1-3H3. The third-order valence-electron chi connectivity index (χ3n) is 2.60. The van der Waals surface area contributed by atoms with Crippen LogP contribution in [0.15, 0.2) is 30.5 Å². The highest BCUT2D eigenvalue weighted by Crippen LogP contribution is 2.15. The van der Waals surface area contributed by atoms with Gasteiger partial charge < -0.3 is 10.3 Å². The summed E-state index contributed by atoms with van der Waals surface area (Å²) in [6, 6.07) is 8.67. The second kappa shape index (κ2) is 4.30. The van der Waals surface area contributed by atoms with E-state index in [2.05, 4.69) is 55.3 Å². The first-order valence-corrected chi connectivity index (χ1v) is 5.81. The third kappa shape index (κ3) is 2.86. The molecule has 16 heavy (non-hydrogen) atoms. The van der Waals surface area contributed by atoms with Gasteiger partial charge in [-0.3, -0.25) is 0 Å². The molecular weight excluding hydrogens is 196 g/mol. The van der Waals surface area contributed by atoms with Crippen LogP contribution in [0.4, 0.5) is 0 Å². The number of benzene rings is 1. The molecule has 1 aromatic carbocycles. The largest absolute Gasteiger partial charge is 0.361 e. The second-order valence-electron chi connectivity index (χ2n) is 5.56. The summed E-state index contributed by atoms with van der Waals surface area (Å²) in [4.78, 5) is 3.21. The minimum atomic E-state index is 0.345. The Balaban J connectivity index is 1.99. The molecule has 2 heteroatoms. The summed E-state index contributed by atoms with van der Waals surface area (Å²) >= 11 is 0. The summed E-state index contributed by atoms with van der Waals surface area (Å²) in [6.07, 6.45) is 1.98. The molecular formula is C14H20N2. The van der Waals surface area contributed by atoms with Crippen LogP contribution in [0.1, 0.15) is 26.3 Å². The van der Waals surface area contributed by atoms with Gasteiger partial charge in [0.25, 0.3) is 0 Å². The molecule has 0 atom stereocenters. The molecule has 2 rings (SSSR count). The van der Waals surface area contributed by atoms with Gasteiger partial charge in [0.1, 0.15) is 0 Å². The molecule has 86 valence electrons. The average Bonchev–Trinajstić information content (AvgIpc) is 2.62. The van der Waals surface area contributed by atoms with Crippen LogP contribution in [0.3, 0.4) is 0 Å². The van der Waals surface area contributed by atoms with Crippen LogP contribution >= 0.6 is 0 Å². The summed E-state index contributed by atoms with van der Waals surface area (Å²) in [6.45, 7) is 8.72. The maximum Gasteiger partial charge on any atom is 0.0454 e. The normalized spacial score (nSPS) is 12.2. The number of rotatable bonds is 3. The Kier molecular flexibility index (Phi) is 3.01. The molecule has 0 saturated carbocycles. The van der Waals surface area contributed by atoms with E-state index >= 15 is 0 Å². The molecule has 0 aliphatic heterocycles. The minimum Gasteiger partial charge on any atom is -0.361 e. The Labute approximate surface area is 97.1 Å². The molecule has 2 N–H and O–H groups in total. The van der Waals surface area contributed by atoms with Gasteiger partial charge in [0.2, 0.25) is 0 Å². The number of H-pyrrole nitrogens is 1. The van der Waals surface area contributed by atoms with Gasteiger partial charge >= 0.3 is 0 Å². The number of hydrogen-bond donors (Lipinski definition) is 2. The van der Waals surface area contributed by atoms with E-state index in [1.54, 1.807) is 0 Å². The van der Waals surface area contributed by atoms with E-state index in [1.807, 2.05) is 6.20 Å². The molecule has 0 bridgehead atoms. The molecule has 0 unspecified atom stereocenters. The molecule has 2 aromatic rings. The summed E-state index contributed by atoms with van der Waals surface area (Å²) < 4.78 is 0. The van der Waals surface area contributed by atoms with Crippen LogP contribution in [0.5, 0.6) is 0 Å². The Morgan fingerprint density at radius 3 is 2.75 bits per heavy atom. The van der Waals surface area contributed by atoms with Crippen molar-refractivity contribution < 1.29 is 0 Å². The first-order chi connectivity index (χ1) is 7.54. The van der Waals surface area contributed by atoms with Gasteiger partial charge in [-0.05, 0) is 34.6 Å². The number of aromatic nitrogens is 1. The van der Waals surface area contributed by atoms with Gasteiger partial charge in [0, 0.05) is 24.8 Å². The molecule has 0 spiro atoms. The zero-order chi connectivity index (χ0) is 11.6. The lowest BCUT2D eigenvalue weighted by Crippen LogP contribution is -2.26. The van der Waals surface area contributed by atoms with Crippen molar-refractivity contribution >= 4 is 10.9 Å². The van der Waals surface area contributed by atoms with Crippen LogP contribution in [-0.4, -0.2) is 11.5 Å². The van der Waals surface area contributed by atoms with Crippen molar-refractivity contribution in [3.8, 4) is 0 Å². The number of fused-ring (bicyclic) bond motifs is 1.